The average molecular weight is 230 g/mol. The Morgan fingerprint density at radius 2 is 2.29 bits per heavy atom. The molecule has 0 atom stereocenters. The summed E-state index contributed by atoms with van der Waals surface area (Å²) in [5.74, 6) is -0.122. The Kier molecular flexibility index (Phi) is 3.09. The fourth-order valence-corrected chi connectivity index (χ4v) is 1.48. The summed E-state index contributed by atoms with van der Waals surface area (Å²) < 4.78 is 0. The van der Waals surface area contributed by atoms with Crippen LogP contribution in [0.25, 0.3) is 0 Å². The molecule has 0 fully saturated rings. The highest BCUT2D eigenvalue weighted by Gasteiger charge is 2.06. The fraction of sp³-hybridized carbons (Fsp3) is 0.167. The number of hydrogen-bond donors (Lipinski definition) is 3. The van der Waals surface area contributed by atoms with E-state index in [-0.39, 0.29) is 5.91 Å². The molecular formula is C12H14N4O. The number of aromatic amines is 1. The Hall–Kier alpha value is -2.30. The van der Waals surface area contributed by atoms with Crippen molar-refractivity contribution in [1.82, 2.24) is 15.5 Å². The van der Waals surface area contributed by atoms with Crippen LogP contribution in [0.2, 0.25) is 0 Å². The number of anilines is 1. The molecule has 0 aliphatic rings. The van der Waals surface area contributed by atoms with Gasteiger partial charge >= 0.3 is 0 Å². The van der Waals surface area contributed by atoms with E-state index in [2.05, 4.69) is 15.5 Å². The van der Waals surface area contributed by atoms with Crippen LogP contribution in [0.15, 0.2) is 30.5 Å². The third-order valence-electron chi connectivity index (χ3n) is 2.53. The topological polar surface area (TPSA) is 83.8 Å². The number of amides is 1. The average Bonchev–Trinajstić information content (AvgIpc) is 2.82. The molecule has 17 heavy (non-hydrogen) atoms. The molecule has 0 radical (unpaired) electrons. The molecule has 0 saturated carbocycles. The van der Waals surface area contributed by atoms with Crippen LogP contribution >= 0.6 is 0 Å². The minimum Gasteiger partial charge on any atom is -0.399 e. The van der Waals surface area contributed by atoms with E-state index in [9.17, 15) is 4.79 Å². The Morgan fingerprint density at radius 3 is 2.94 bits per heavy atom. The Balaban J connectivity index is 2.02. The molecule has 0 aliphatic carbocycles. The van der Waals surface area contributed by atoms with E-state index in [1.807, 2.05) is 13.0 Å². The number of aromatic nitrogens is 2. The molecule has 0 unspecified atom stereocenters. The van der Waals surface area contributed by atoms with Crippen molar-refractivity contribution in [2.24, 2.45) is 0 Å². The van der Waals surface area contributed by atoms with Gasteiger partial charge in [0, 0.05) is 17.4 Å². The van der Waals surface area contributed by atoms with Gasteiger partial charge in [-0.2, -0.15) is 5.10 Å². The first-order chi connectivity index (χ1) is 8.16. The predicted molar refractivity (Wildman–Crippen MR) is 65.3 cm³/mol. The zero-order valence-electron chi connectivity index (χ0n) is 9.53. The van der Waals surface area contributed by atoms with Crippen molar-refractivity contribution in [1.29, 1.82) is 0 Å². The van der Waals surface area contributed by atoms with Gasteiger partial charge in [-0.05, 0) is 36.8 Å². The van der Waals surface area contributed by atoms with Crippen LogP contribution in [0, 0.1) is 6.92 Å². The molecule has 1 heterocycles. The summed E-state index contributed by atoms with van der Waals surface area (Å²) in [6.07, 6.45) is 1.65. The van der Waals surface area contributed by atoms with Crippen molar-refractivity contribution in [2.75, 3.05) is 5.73 Å². The van der Waals surface area contributed by atoms with Gasteiger partial charge in [-0.25, -0.2) is 0 Å². The van der Waals surface area contributed by atoms with E-state index < -0.39 is 0 Å². The van der Waals surface area contributed by atoms with Crippen LogP contribution in [0.5, 0.6) is 0 Å². The van der Waals surface area contributed by atoms with Crippen LogP contribution in [0.4, 0.5) is 5.69 Å². The zero-order chi connectivity index (χ0) is 12.3. The predicted octanol–water partition coefficient (Wildman–Crippen LogP) is 1.23. The maximum Gasteiger partial charge on any atom is 0.251 e. The minimum atomic E-state index is -0.122. The van der Waals surface area contributed by atoms with E-state index in [0.717, 1.165) is 11.3 Å². The highest BCUT2D eigenvalue weighted by atomic mass is 16.1. The minimum absolute atomic E-state index is 0.122. The summed E-state index contributed by atoms with van der Waals surface area (Å²) in [6, 6.07) is 7.04. The summed E-state index contributed by atoms with van der Waals surface area (Å²) in [5.41, 5.74) is 8.76. The molecule has 2 rings (SSSR count). The Morgan fingerprint density at radius 1 is 1.47 bits per heavy atom. The first-order valence-corrected chi connectivity index (χ1v) is 5.29. The van der Waals surface area contributed by atoms with Crippen molar-refractivity contribution in [3.8, 4) is 0 Å². The second kappa shape index (κ2) is 4.69. The van der Waals surface area contributed by atoms with Crippen molar-refractivity contribution < 1.29 is 4.79 Å². The van der Waals surface area contributed by atoms with E-state index >= 15 is 0 Å². The van der Waals surface area contributed by atoms with Crippen LogP contribution in [0.3, 0.4) is 0 Å². The highest BCUT2D eigenvalue weighted by molar-refractivity contribution is 5.94. The summed E-state index contributed by atoms with van der Waals surface area (Å²) in [4.78, 5) is 11.8. The zero-order valence-corrected chi connectivity index (χ0v) is 9.53. The van der Waals surface area contributed by atoms with Crippen molar-refractivity contribution in [3.63, 3.8) is 0 Å². The maximum absolute atomic E-state index is 11.8. The lowest BCUT2D eigenvalue weighted by molar-refractivity contribution is 0.0950. The lowest BCUT2D eigenvalue weighted by Crippen LogP contribution is -2.23. The summed E-state index contributed by atoms with van der Waals surface area (Å²) >= 11 is 0. The number of benzene rings is 1. The molecule has 1 aromatic heterocycles. The van der Waals surface area contributed by atoms with Crippen molar-refractivity contribution in [2.45, 2.75) is 13.5 Å². The molecule has 1 aromatic carbocycles. The maximum atomic E-state index is 11.8. The molecule has 5 heteroatoms. The molecule has 5 nitrogen and oxygen atoms in total. The van der Waals surface area contributed by atoms with E-state index in [1.54, 1.807) is 24.4 Å². The number of nitrogens with zero attached hydrogens (tertiary/aromatic N) is 1. The van der Waals surface area contributed by atoms with Gasteiger partial charge in [-0.15, -0.1) is 0 Å². The number of carbonyl (C=O) groups is 1. The summed E-state index contributed by atoms with van der Waals surface area (Å²) in [5, 5.41) is 9.38. The van der Waals surface area contributed by atoms with Crippen LogP contribution in [0.1, 0.15) is 21.6 Å². The first kappa shape index (κ1) is 11.2. The van der Waals surface area contributed by atoms with Gasteiger partial charge in [0.1, 0.15) is 0 Å². The van der Waals surface area contributed by atoms with Gasteiger partial charge in [0.25, 0.3) is 5.91 Å². The number of carbonyl (C=O) groups excluding carboxylic acids is 1. The summed E-state index contributed by atoms with van der Waals surface area (Å²) in [7, 11) is 0. The third-order valence-corrected chi connectivity index (χ3v) is 2.53. The molecule has 0 aliphatic heterocycles. The number of nitrogens with two attached hydrogens (primary N) is 1. The second-order valence-corrected chi connectivity index (χ2v) is 3.84. The number of nitrogen functional groups attached to an aromatic ring is 1. The molecule has 4 N–H and O–H groups in total. The lowest BCUT2D eigenvalue weighted by atomic mass is 10.1. The number of rotatable bonds is 3. The normalized spacial score (nSPS) is 10.2. The number of H-pyrrole nitrogens is 1. The molecular weight excluding hydrogens is 216 g/mol. The third kappa shape index (κ3) is 2.63. The quantitative estimate of drug-likeness (QED) is 0.693. The van der Waals surface area contributed by atoms with E-state index in [1.165, 1.54) is 0 Å². The van der Waals surface area contributed by atoms with Crippen LogP contribution < -0.4 is 11.1 Å². The molecule has 0 spiro atoms. The largest absolute Gasteiger partial charge is 0.399 e. The van der Waals surface area contributed by atoms with Gasteiger partial charge in [-0.3, -0.25) is 9.89 Å². The molecule has 88 valence electrons. The lowest BCUT2D eigenvalue weighted by Gasteiger charge is -2.06. The summed E-state index contributed by atoms with van der Waals surface area (Å²) in [6.45, 7) is 2.31. The molecule has 2 aromatic rings. The van der Waals surface area contributed by atoms with Crippen LogP contribution in [-0.4, -0.2) is 16.1 Å². The van der Waals surface area contributed by atoms with E-state index in [0.29, 0.717) is 17.8 Å². The van der Waals surface area contributed by atoms with Crippen molar-refractivity contribution in [3.05, 3.63) is 47.3 Å². The second-order valence-electron chi connectivity index (χ2n) is 3.84. The Bertz CT molecular complexity index is 519. The number of nitrogens with one attached hydrogen (secondary N) is 2. The van der Waals surface area contributed by atoms with Gasteiger partial charge < -0.3 is 11.1 Å². The Labute approximate surface area is 99.0 Å². The van der Waals surface area contributed by atoms with Crippen LogP contribution in [-0.2, 0) is 6.54 Å². The van der Waals surface area contributed by atoms with Gasteiger partial charge in [0.05, 0.1) is 12.2 Å². The van der Waals surface area contributed by atoms with E-state index in [4.69, 9.17) is 5.73 Å². The molecule has 0 bridgehead atoms. The van der Waals surface area contributed by atoms with Gasteiger partial charge in [0.2, 0.25) is 0 Å². The van der Waals surface area contributed by atoms with Crippen molar-refractivity contribution >= 4 is 11.6 Å². The molecule has 1 amide bonds. The number of hydrogen-bond acceptors (Lipinski definition) is 3. The van der Waals surface area contributed by atoms with Gasteiger partial charge in [-0.1, -0.05) is 0 Å². The number of aryl methyl sites for hydroxylation is 1. The fourth-order valence-electron chi connectivity index (χ4n) is 1.48. The molecule has 0 saturated heterocycles. The highest BCUT2D eigenvalue weighted by Crippen LogP contribution is 2.12. The SMILES string of the molecule is Cc1cc(C(=O)NCc2ccn[nH]2)ccc1N. The smallest absolute Gasteiger partial charge is 0.251 e. The van der Waals surface area contributed by atoms with Gasteiger partial charge in [0.15, 0.2) is 0 Å². The monoisotopic (exact) mass is 230 g/mol. The first-order valence-electron chi connectivity index (χ1n) is 5.29. The standard InChI is InChI=1S/C12H14N4O/c1-8-6-9(2-3-11(8)13)12(17)14-7-10-4-5-15-16-10/h2-6H,7,13H2,1H3,(H,14,17)(H,15,16).